The minimum atomic E-state index is 0.672. The first-order chi connectivity index (χ1) is 7.83. The van der Waals surface area contributed by atoms with Gasteiger partial charge in [-0.25, -0.2) is 9.97 Å². The number of aryl methyl sites for hydroxylation is 1. The molecule has 0 amide bonds. The van der Waals surface area contributed by atoms with Crippen LogP contribution in [-0.2, 0) is 6.42 Å². The molecule has 1 aromatic heterocycles. The first kappa shape index (κ1) is 11.1. The molecule has 0 spiro atoms. The van der Waals surface area contributed by atoms with Crippen molar-refractivity contribution in [3.63, 3.8) is 0 Å². The summed E-state index contributed by atoms with van der Waals surface area (Å²) in [7, 11) is 0. The summed E-state index contributed by atoms with van der Waals surface area (Å²) in [6.07, 6.45) is 9.27. The molecule has 3 nitrogen and oxygen atoms in total. The third-order valence-electron chi connectivity index (χ3n) is 3.26. The van der Waals surface area contributed by atoms with E-state index in [0.29, 0.717) is 5.92 Å². The van der Waals surface area contributed by atoms with Crippen LogP contribution in [0.15, 0.2) is 25.0 Å². The molecule has 0 unspecified atom stereocenters. The quantitative estimate of drug-likeness (QED) is 0.728. The molecule has 1 aliphatic rings. The van der Waals surface area contributed by atoms with Gasteiger partial charge in [0.1, 0.15) is 0 Å². The number of anilines is 1. The van der Waals surface area contributed by atoms with Crippen molar-refractivity contribution in [2.24, 2.45) is 5.92 Å². The van der Waals surface area contributed by atoms with Gasteiger partial charge < -0.3 is 4.90 Å². The van der Waals surface area contributed by atoms with Gasteiger partial charge in [0.15, 0.2) is 0 Å². The molecule has 0 N–H and O–H groups in total. The molecule has 0 saturated carbocycles. The first-order valence-corrected chi connectivity index (χ1v) is 6.02. The Balaban J connectivity index is 1.99. The molecule has 0 aliphatic carbocycles. The molecule has 1 saturated heterocycles. The summed E-state index contributed by atoms with van der Waals surface area (Å²) >= 11 is 0. The number of hydrogen-bond donors (Lipinski definition) is 0. The number of piperidine rings is 1. The lowest BCUT2D eigenvalue weighted by atomic mass is 9.97. The summed E-state index contributed by atoms with van der Waals surface area (Å²) in [5.41, 5.74) is 1.20. The van der Waals surface area contributed by atoms with Gasteiger partial charge in [-0.1, -0.05) is 13.0 Å². The normalized spacial score (nSPS) is 17.4. The summed E-state index contributed by atoms with van der Waals surface area (Å²) in [5, 5.41) is 0. The molecule has 86 valence electrons. The van der Waals surface area contributed by atoms with Gasteiger partial charge in [0, 0.05) is 25.5 Å². The summed E-state index contributed by atoms with van der Waals surface area (Å²) in [5.74, 6) is 1.55. The van der Waals surface area contributed by atoms with Crippen molar-refractivity contribution in [3.8, 4) is 0 Å². The lowest BCUT2D eigenvalue weighted by molar-refractivity contribution is 0.474. The van der Waals surface area contributed by atoms with Crippen molar-refractivity contribution in [1.29, 1.82) is 0 Å². The second kappa shape index (κ2) is 5.10. The fourth-order valence-electron chi connectivity index (χ4n) is 2.03. The van der Waals surface area contributed by atoms with Crippen LogP contribution in [0.4, 0.5) is 5.95 Å². The topological polar surface area (TPSA) is 29.0 Å². The van der Waals surface area contributed by atoms with E-state index in [2.05, 4.69) is 34.4 Å². The Morgan fingerprint density at radius 2 is 2.00 bits per heavy atom. The summed E-state index contributed by atoms with van der Waals surface area (Å²) in [4.78, 5) is 11.1. The molecule has 16 heavy (non-hydrogen) atoms. The van der Waals surface area contributed by atoms with Crippen molar-refractivity contribution in [3.05, 3.63) is 30.6 Å². The molecule has 3 heteroatoms. The Morgan fingerprint density at radius 1 is 1.38 bits per heavy atom. The zero-order valence-electron chi connectivity index (χ0n) is 9.89. The van der Waals surface area contributed by atoms with Gasteiger partial charge in [0.05, 0.1) is 0 Å². The zero-order chi connectivity index (χ0) is 11.4. The second-order valence-electron chi connectivity index (χ2n) is 4.31. The Kier molecular flexibility index (Phi) is 3.54. The highest BCUT2D eigenvalue weighted by Crippen LogP contribution is 2.20. The average Bonchev–Trinajstić information content (AvgIpc) is 2.39. The number of hydrogen-bond acceptors (Lipinski definition) is 3. The van der Waals surface area contributed by atoms with E-state index < -0.39 is 0 Å². The maximum Gasteiger partial charge on any atom is 0.225 e. The Hall–Kier alpha value is -1.38. The number of rotatable bonds is 3. The molecule has 0 radical (unpaired) electrons. The smallest absolute Gasteiger partial charge is 0.225 e. The van der Waals surface area contributed by atoms with Crippen molar-refractivity contribution in [1.82, 2.24) is 9.97 Å². The van der Waals surface area contributed by atoms with Gasteiger partial charge in [-0.3, -0.25) is 0 Å². The van der Waals surface area contributed by atoms with Crippen molar-refractivity contribution in [2.75, 3.05) is 18.0 Å². The molecule has 2 heterocycles. The maximum absolute atomic E-state index is 4.41. The second-order valence-corrected chi connectivity index (χ2v) is 4.31. The van der Waals surface area contributed by atoms with E-state index in [1.807, 2.05) is 12.4 Å². The van der Waals surface area contributed by atoms with E-state index in [1.165, 1.54) is 18.4 Å². The van der Waals surface area contributed by atoms with Crippen LogP contribution in [0.25, 0.3) is 0 Å². The average molecular weight is 217 g/mol. The molecule has 1 aliphatic heterocycles. The van der Waals surface area contributed by atoms with Gasteiger partial charge in [-0.15, -0.1) is 6.58 Å². The predicted molar refractivity (Wildman–Crippen MR) is 66.5 cm³/mol. The van der Waals surface area contributed by atoms with Crippen LogP contribution in [-0.4, -0.2) is 23.1 Å². The van der Waals surface area contributed by atoms with E-state index in [9.17, 15) is 0 Å². The third kappa shape index (κ3) is 2.40. The third-order valence-corrected chi connectivity index (χ3v) is 3.26. The van der Waals surface area contributed by atoms with Gasteiger partial charge in [0.2, 0.25) is 5.95 Å². The van der Waals surface area contributed by atoms with Crippen LogP contribution in [0.3, 0.4) is 0 Å². The van der Waals surface area contributed by atoms with Gasteiger partial charge in [0.25, 0.3) is 0 Å². The van der Waals surface area contributed by atoms with Crippen LogP contribution in [0, 0.1) is 5.92 Å². The first-order valence-electron chi connectivity index (χ1n) is 6.02. The van der Waals surface area contributed by atoms with Crippen molar-refractivity contribution >= 4 is 5.95 Å². The van der Waals surface area contributed by atoms with E-state index in [4.69, 9.17) is 0 Å². The summed E-state index contributed by atoms with van der Waals surface area (Å²) < 4.78 is 0. The highest BCUT2D eigenvalue weighted by molar-refractivity contribution is 5.30. The standard InChI is InChI=1S/C13H19N3/c1-3-11-5-7-16(8-6-11)13-14-9-12(4-2)10-15-13/h3,9-11H,1,4-8H2,2H3. The van der Waals surface area contributed by atoms with E-state index in [1.54, 1.807) is 0 Å². The number of aromatic nitrogens is 2. The fraction of sp³-hybridized carbons (Fsp3) is 0.538. The summed E-state index contributed by atoms with van der Waals surface area (Å²) in [6, 6.07) is 0. The lowest BCUT2D eigenvalue weighted by Gasteiger charge is -2.30. The van der Waals surface area contributed by atoms with Crippen molar-refractivity contribution < 1.29 is 0 Å². The Labute approximate surface area is 97.2 Å². The number of nitrogens with zero attached hydrogens (tertiary/aromatic N) is 3. The molecular formula is C13H19N3. The minimum absolute atomic E-state index is 0.672. The molecule has 0 bridgehead atoms. The highest BCUT2D eigenvalue weighted by Gasteiger charge is 2.18. The molecule has 0 aromatic carbocycles. The van der Waals surface area contributed by atoms with Gasteiger partial charge >= 0.3 is 0 Å². The van der Waals surface area contributed by atoms with Crippen molar-refractivity contribution in [2.45, 2.75) is 26.2 Å². The van der Waals surface area contributed by atoms with E-state index in [0.717, 1.165) is 25.5 Å². The van der Waals surface area contributed by atoms with Crippen LogP contribution in [0.5, 0.6) is 0 Å². The molecule has 0 atom stereocenters. The van der Waals surface area contributed by atoms with E-state index in [-0.39, 0.29) is 0 Å². The molecule has 2 rings (SSSR count). The molecule has 1 aromatic rings. The maximum atomic E-state index is 4.41. The highest BCUT2D eigenvalue weighted by atomic mass is 15.2. The van der Waals surface area contributed by atoms with Crippen LogP contribution >= 0.6 is 0 Å². The molecule has 1 fully saturated rings. The molecular weight excluding hydrogens is 198 g/mol. The Morgan fingerprint density at radius 3 is 2.50 bits per heavy atom. The zero-order valence-corrected chi connectivity index (χ0v) is 9.89. The largest absolute Gasteiger partial charge is 0.341 e. The summed E-state index contributed by atoms with van der Waals surface area (Å²) in [6.45, 7) is 8.06. The van der Waals surface area contributed by atoms with Crippen LogP contribution in [0.1, 0.15) is 25.3 Å². The SMILES string of the molecule is C=CC1CCN(c2ncc(CC)cn2)CC1. The van der Waals surface area contributed by atoms with E-state index >= 15 is 0 Å². The van der Waals surface area contributed by atoms with Crippen LogP contribution < -0.4 is 4.90 Å². The number of allylic oxidation sites excluding steroid dienone is 1. The van der Waals surface area contributed by atoms with Gasteiger partial charge in [-0.05, 0) is 30.7 Å². The predicted octanol–water partition coefficient (Wildman–Crippen LogP) is 2.44. The Bertz CT molecular complexity index is 337. The van der Waals surface area contributed by atoms with Gasteiger partial charge in [-0.2, -0.15) is 0 Å². The fourth-order valence-corrected chi connectivity index (χ4v) is 2.03. The van der Waals surface area contributed by atoms with Crippen LogP contribution in [0.2, 0.25) is 0 Å². The minimum Gasteiger partial charge on any atom is -0.341 e. The lowest BCUT2D eigenvalue weighted by Crippen LogP contribution is -2.34. The monoisotopic (exact) mass is 217 g/mol.